The fourth-order valence-corrected chi connectivity index (χ4v) is 1.34. The van der Waals surface area contributed by atoms with E-state index in [1.165, 1.54) is 6.42 Å². The molecule has 0 heterocycles. The molecule has 80 valence electrons. The first-order valence-corrected chi connectivity index (χ1v) is 4.86. The van der Waals surface area contributed by atoms with Gasteiger partial charge in [0.05, 0.1) is 0 Å². The molecule has 0 aromatic rings. The van der Waals surface area contributed by atoms with Crippen molar-refractivity contribution in [2.75, 3.05) is 20.8 Å². The van der Waals surface area contributed by atoms with Crippen LogP contribution in [0.2, 0.25) is 0 Å². The van der Waals surface area contributed by atoms with Gasteiger partial charge in [0.1, 0.15) is 0 Å². The van der Waals surface area contributed by atoms with E-state index in [0.29, 0.717) is 0 Å². The average Bonchev–Trinajstić information content (AvgIpc) is 2.06. The minimum Gasteiger partial charge on any atom is -0.355 e. The van der Waals surface area contributed by atoms with Gasteiger partial charge in [-0.05, 0) is 20.3 Å². The molecule has 1 N–H and O–H groups in total. The summed E-state index contributed by atoms with van der Waals surface area (Å²) in [6.07, 6.45) is 2.20. The largest absolute Gasteiger partial charge is 0.355 e. The van der Waals surface area contributed by atoms with Crippen LogP contribution in [0.4, 0.5) is 0 Å². The molecule has 0 amide bonds. The third kappa shape index (κ3) is 6.02. The Morgan fingerprint density at radius 2 is 1.77 bits per heavy atom. The number of hydrogen-bond donors (Lipinski definition) is 1. The number of methoxy groups -OCH3 is 2. The molecule has 0 fully saturated rings. The Labute approximate surface area is 81.8 Å². The van der Waals surface area contributed by atoms with E-state index in [4.69, 9.17) is 9.47 Å². The van der Waals surface area contributed by atoms with E-state index in [9.17, 15) is 0 Å². The first-order valence-electron chi connectivity index (χ1n) is 4.86. The molecule has 0 rings (SSSR count). The maximum absolute atomic E-state index is 5.09. The Kier molecular flexibility index (Phi) is 6.29. The first kappa shape index (κ1) is 12.9. The molecule has 0 aliphatic carbocycles. The molecule has 13 heavy (non-hydrogen) atoms. The lowest BCUT2D eigenvalue weighted by Crippen LogP contribution is -2.44. The molecule has 0 aliphatic heterocycles. The van der Waals surface area contributed by atoms with E-state index >= 15 is 0 Å². The van der Waals surface area contributed by atoms with Gasteiger partial charge in [-0.1, -0.05) is 13.3 Å². The molecule has 0 aromatic carbocycles. The van der Waals surface area contributed by atoms with Crippen molar-refractivity contribution >= 4 is 0 Å². The van der Waals surface area contributed by atoms with Crippen LogP contribution in [0, 0.1) is 0 Å². The van der Waals surface area contributed by atoms with Gasteiger partial charge in [0, 0.05) is 26.3 Å². The van der Waals surface area contributed by atoms with Crippen molar-refractivity contribution in [2.24, 2.45) is 0 Å². The number of rotatable bonds is 7. The minimum absolute atomic E-state index is 0.142. The quantitative estimate of drug-likeness (QED) is 0.619. The van der Waals surface area contributed by atoms with E-state index in [-0.39, 0.29) is 11.8 Å². The Morgan fingerprint density at radius 3 is 2.15 bits per heavy atom. The van der Waals surface area contributed by atoms with Gasteiger partial charge < -0.3 is 14.8 Å². The second-order valence-corrected chi connectivity index (χ2v) is 3.92. The molecular weight excluding hydrogens is 166 g/mol. The summed E-state index contributed by atoms with van der Waals surface area (Å²) in [5, 5.41) is 3.41. The lowest BCUT2D eigenvalue weighted by Gasteiger charge is -2.27. The molecule has 0 aromatic heterocycles. The van der Waals surface area contributed by atoms with Crippen molar-refractivity contribution in [1.82, 2.24) is 5.32 Å². The Morgan fingerprint density at radius 1 is 1.23 bits per heavy atom. The van der Waals surface area contributed by atoms with Crippen molar-refractivity contribution in [1.29, 1.82) is 0 Å². The number of hydrogen-bond acceptors (Lipinski definition) is 3. The number of ether oxygens (including phenoxy) is 2. The summed E-state index contributed by atoms with van der Waals surface area (Å²) in [6.45, 7) is 7.31. The average molecular weight is 189 g/mol. The van der Waals surface area contributed by atoms with Crippen LogP contribution in [-0.2, 0) is 9.47 Å². The second kappa shape index (κ2) is 6.35. The van der Waals surface area contributed by atoms with Crippen molar-refractivity contribution in [3.05, 3.63) is 0 Å². The van der Waals surface area contributed by atoms with Crippen molar-refractivity contribution in [3.63, 3.8) is 0 Å². The van der Waals surface area contributed by atoms with Crippen LogP contribution in [-0.4, -0.2) is 32.6 Å². The van der Waals surface area contributed by atoms with Gasteiger partial charge >= 0.3 is 0 Å². The van der Waals surface area contributed by atoms with Gasteiger partial charge in [0.25, 0.3) is 0 Å². The summed E-state index contributed by atoms with van der Waals surface area (Å²) in [5.74, 6) is 0. The predicted octanol–water partition coefficient (Wildman–Crippen LogP) is 1.77. The van der Waals surface area contributed by atoms with E-state index < -0.39 is 0 Å². The molecule has 0 saturated carbocycles. The van der Waals surface area contributed by atoms with E-state index in [2.05, 4.69) is 26.1 Å². The van der Waals surface area contributed by atoms with Crippen LogP contribution >= 0.6 is 0 Å². The second-order valence-electron chi connectivity index (χ2n) is 3.92. The highest BCUT2D eigenvalue weighted by Gasteiger charge is 2.17. The van der Waals surface area contributed by atoms with Gasteiger partial charge in [-0.2, -0.15) is 0 Å². The zero-order valence-corrected chi connectivity index (χ0v) is 9.52. The van der Waals surface area contributed by atoms with Crippen LogP contribution < -0.4 is 5.32 Å². The molecule has 0 bridgehead atoms. The van der Waals surface area contributed by atoms with Crippen LogP contribution in [0.15, 0.2) is 0 Å². The maximum Gasteiger partial charge on any atom is 0.169 e. The van der Waals surface area contributed by atoms with E-state index in [1.54, 1.807) is 14.2 Å². The molecule has 0 saturated heterocycles. The van der Waals surface area contributed by atoms with Gasteiger partial charge in [0.15, 0.2) is 6.29 Å². The fraction of sp³-hybridized carbons (Fsp3) is 1.00. The first-order chi connectivity index (χ1) is 6.05. The van der Waals surface area contributed by atoms with Crippen LogP contribution in [0.25, 0.3) is 0 Å². The highest BCUT2D eigenvalue weighted by Crippen LogP contribution is 2.10. The van der Waals surface area contributed by atoms with Gasteiger partial charge in [-0.15, -0.1) is 0 Å². The summed E-state index contributed by atoms with van der Waals surface area (Å²) in [5.41, 5.74) is 0.171. The maximum atomic E-state index is 5.09. The molecule has 3 nitrogen and oxygen atoms in total. The highest BCUT2D eigenvalue weighted by atomic mass is 16.7. The third-order valence-corrected chi connectivity index (χ3v) is 2.15. The van der Waals surface area contributed by atoms with Gasteiger partial charge in [-0.25, -0.2) is 0 Å². The van der Waals surface area contributed by atoms with Crippen molar-refractivity contribution < 1.29 is 9.47 Å². The summed E-state index contributed by atoms with van der Waals surface area (Å²) in [4.78, 5) is 0. The van der Waals surface area contributed by atoms with Gasteiger partial charge in [-0.3, -0.25) is 0 Å². The summed E-state index contributed by atoms with van der Waals surface area (Å²) in [7, 11) is 3.31. The third-order valence-electron chi connectivity index (χ3n) is 2.15. The Bertz CT molecular complexity index is 122. The summed E-state index contributed by atoms with van der Waals surface area (Å²) < 4.78 is 10.2. The molecule has 0 radical (unpaired) electrons. The zero-order valence-electron chi connectivity index (χ0n) is 9.52. The lowest BCUT2D eigenvalue weighted by molar-refractivity contribution is -0.102. The van der Waals surface area contributed by atoms with Crippen molar-refractivity contribution in [3.8, 4) is 0 Å². The molecule has 0 atom stereocenters. The topological polar surface area (TPSA) is 30.5 Å². The Balaban J connectivity index is 3.71. The monoisotopic (exact) mass is 189 g/mol. The van der Waals surface area contributed by atoms with Gasteiger partial charge in [0.2, 0.25) is 0 Å². The minimum atomic E-state index is -0.142. The summed E-state index contributed by atoms with van der Waals surface area (Å²) in [6, 6.07) is 0. The standard InChI is InChI=1S/C10H23NO2/c1-6-7-10(2,3)11-8-9(12-4)13-5/h9,11H,6-8H2,1-5H3. The van der Waals surface area contributed by atoms with Crippen molar-refractivity contribution in [2.45, 2.75) is 45.4 Å². The molecule has 0 spiro atoms. The molecular formula is C10H23NO2. The highest BCUT2D eigenvalue weighted by molar-refractivity contribution is 4.76. The zero-order chi connectivity index (χ0) is 10.3. The molecule has 0 aliphatic rings. The fourth-order valence-electron chi connectivity index (χ4n) is 1.34. The lowest BCUT2D eigenvalue weighted by atomic mass is 9.99. The van der Waals surface area contributed by atoms with Crippen LogP contribution in [0.1, 0.15) is 33.6 Å². The Hall–Kier alpha value is -0.120. The van der Waals surface area contributed by atoms with Crippen LogP contribution in [0.5, 0.6) is 0 Å². The van der Waals surface area contributed by atoms with E-state index in [1.807, 2.05) is 0 Å². The van der Waals surface area contributed by atoms with E-state index in [0.717, 1.165) is 13.0 Å². The normalized spacial score (nSPS) is 12.5. The molecule has 3 heteroatoms. The summed E-state index contributed by atoms with van der Waals surface area (Å²) >= 11 is 0. The predicted molar refractivity (Wildman–Crippen MR) is 54.8 cm³/mol. The molecule has 0 unspecified atom stereocenters. The number of nitrogens with one attached hydrogen (secondary N) is 1. The smallest absolute Gasteiger partial charge is 0.169 e. The van der Waals surface area contributed by atoms with Crippen LogP contribution in [0.3, 0.4) is 0 Å². The SMILES string of the molecule is CCCC(C)(C)NCC(OC)OC.